The first-order chi connectivity index (χ1) is 15.4. The minimum Gasteiger partial charge on any atom is -0.495 e. The van der Waals surface area contributed by atoms with Gasteiger partial charge in [-0.1, -0.05) is 58.5 Å². The number of amides is 1. The number of benzene rings is 3. The van der Waals surface area contributed by atoms with E-state index in [2.05, 4.69) is 10.3 Å². The Bertz CT molecular complexity index is 1330. The van der Waals surface area contributed by atoms with E-state index < -0.39 is 5.91 Å². The van der Waals surface area contributed by atoms with Gasteiger partial charge < -0.3 is 10.1 Å². The first-order valence-corrected chi connectivity index (χ1v) is 11.6. The average molecular weight is 524 g/mol. The van der Waals surface area contributed by atoms with E-state index in [1.54, 1.807) is 30.3 Å². The molecule has 9 heteroatoms. The Morgan fingerprint density at radius 3 is 2.56 bits per heavy atom. The summed E-state index contributed by atoms with van der Waals surface area (Å²) in [5, 5.41) is 5.04. The zero-order valence-corrected chi connectivity index (χ0v) is 20.3. The summed E-state index contributed by atoms with van der Waals surface area (Å²) in [6.45, 7) is 0. The van der Waals surface area contributed by atoms with Gasteiger partial charge in [-0.2, -0.15) is 0 Å². The molecule has 4 aromatic rings. The molecule has 4 rings (SSSR count). The van der Waals surface area contributed by atoms with E-state index in [0.29, 0.717) is 42.7 Å². The van der Waals surface area contributed by atoms with Gasteiger partial charge in [-0.3, -0.25) is 4.79 Å². The number of nitrogens with one attached hydrogen (secondary N) is 1. The fourth-order valence-electron chi connectivity index (χ4n) is 3.06. The standard InChI is InChI=1S/C23H14Cl4N2O2S/c1-31-22-12(8-13(24)9-17(22)27)6-7-21(30)28-19-10-14(15(25)11-16(19)26)23-29-18-4-2-3-5-20(18)32-23/h2-11H,1H3,(H,28,30). The van der Waals surface area contributed by atoms with Crippen LogP contribution in [0.3, 0.4) is 0 Å². The normalized spacial score (nSPS) is 11.3. The van der Waals surface area contributed by atoms with E-state index in [1.165, 1.54) is 24.5 Å². The SMILES string of the molecule is COc1c(Cl)cc(Cl)cc1C=CC(=O)Nc1cc(-c2nc3ccccc3s2)c(Cl)cc1Cl. The molecular formula is C23H14Cl4N2O2S. The molecule has 0 spiro atoms. The molecule has 0 aliphatic heterocycles. The van der Waals surface area contributed by atoms with Crippen LogP contribution in [0.25, 0.3) is 26.9 Å². The van der Waals surface area contributed by atoms with E-state index in [0.717, 1.165) is 15.2 Å². The highest BCUT2D eigenvalue weighted by Crippen LogP contribution is 2.39. The molecule has 32 heavy (non-hydrogen) atoms. The van der Waals surface area contributed by atoms with Crippen LogP contribution in [-0.4, -0.2) is 18.0 Å². The first kappa shape index (κ1) is 22.9. The van der Waals surface area contributed by atoms with Crippen molar-refractivity contribution in [3.63, 3.8) is 0 Å². The minimum atomic E-state index is -0.400. The van der Waals surface area contributed by atoms with Crippen molar-refractivity contribution in [2.24, 2.45) is 0 Å². The lowest BCUT2D eigenvalue weighted by Crippen LogP contribution is -2.08. The van der Waals surface area contributed by atoms with E-state index in [9.17, 15) is 4.79 Å². The van der Waals surface area contributed by atoms with Crippen LogP contribution in [-0.2, 0) is 4.79 Å². The van der Waals surface area contributed by atoms with Crippen LogP contribution in [0.4, 0.5) is 5.69 Å². The van der Waals surface area contributed by atoms with Crippen LogP contribution < -0.4 is 10.1 Å². The second-order valence-electron chi connectivity index (χ2n) is 6.63. The minimum absolute atomic E-state index is 0.310. The molecular weight excluding hydrogens is 510 g/mol. The Labute approximate surface area is 208 Å². The zero-order chi connectivity index (χ0) is 22.8. The van der Waals surface area contributed by atoms with Crippen molar-refractivity contribution in [3.05, 3.63) is 80.3 Å². The fourth-order valence-corrected chi connectivity index (χ4v) is 5.21. The number of methoxy groups -OCH3 is 1. The summed E-state index contributed by atoms with van der Waals surface area (Å²) in [5.74, 6) is 0.0189. The van der Waals surface area contributed by atoms with E-state index in [1.807, 2.05) is 24.3 Å². The summed E-state index contributed by atoms with van der Waals surface area (Å²) in [7, 11) is 1.49. The largest absolute Gasteiger partial charge is 0.495 e. The number of hydrogen-bond donors (Lipinski definition) is 1. The zero-order valence-electron chi connectivity index (χ0n) is 16.5. The second kappa shape index (κ2) is 9.69. The number of aromatic nitrogens is 1. The van der Waals surface area contributed by atoms with Crippen molar-refractivity contribution < 1.29 is 9.53 Å². The molecule has 0 atom stereocenters. The van der Waals surface area contributed by atoms with Gasteiger partial charge in [0.25, 0.3) is 0 Å². The van der Waals surface area contributed by atoms with Crippen LogP contribution >= 0.6 is 57.7 Å². The summed E-state index contributed by atoms with van der Waals surface area (Å²) in [6, 6.07) is 14.3. The summed E-state index contributed by atoms with van der Waals surface area (Å²) in [6.07, 6.45) is 2.90. The third-order valence-electron chi connectivity index (χ3n) is 4.49. The molecule has 0 bridgehead atoms. The predicted molar refractivity (Wildman–Crippen MR) is 136 cm³/mol. The van der Waals surface area contributed by atoms with Gasteiger partial charge >= 0.3 is 0 Å². The second-order valence-corrected chi connectivity index (χ2v) is 9.32. The van der Waals surface area contributed by atoms with Gasteiger partial charge in [0.1, 0.15) is 10.8 Å². The predicted octanol–water partition coefficient (Wildman–Crippen LogP) is 8.24. The number of anilines is 1. The molecule has 162 valence electrons. The summed E-state index contributed by atoms with van der Waals surface area (Å²) < 4.78 is 6.33. The number of ether oxygens (including phenoxy) is 1. The third kappa shape index (κ3) is 4.87. The molecule has 4 nitrogen and oxygen atoms in total. The van der Waals surface area contributed by atoms with E-state index >= 15 is 0 Å². The Kier molecular flexibility index (Phi) is 6.93. The maximum absolute atomic E-state index is 12.6. The summed E-state index contributed by atoms with van der Waals surface area (Å²) in [4.78, 5) is 17.2. The van der Waals surface area contributed by atoms with E-state index in [4.69, 9.17) is 51.1 Å². The Balaban J connectivity index is 1.61. The lowest BCUT2D eigenvalue weighted by atomic mass is 10.1. The first-order valence-electron chi connectivity index (χ1n) is 9.23. The van der Waals surface area contributed by atoms with Crippen LogP contribution in [0.5, 0.6) is 5.75 Å². The van der Waals surface area contributed by atoms with Crippen LogP contribution in [0.15, 0.2) is 54.6 Å². The van der Waals surface area contributed by atoms with Gasteiger partial charge in [-0.05, 0) is 42.5 Å². The highest BCUT2D eigenvalue weighted by molar-refractivity contribution is 7.21. The average Bonchev–Trinajstić information content (AvgIpc) is 3.17. The van der Waals surface area contributed by atoms with Gasteiger partial charge in [0.2, 0.25) is 5.91 Å². The number of hydrogen-bond acceptors (Lipinski definition) is 4. The third-order valence-corrected chi connectivity index (χ3v) is 6.69. The highest BCUT2D eigenvalue weighted by atomic mass is 35.5. The lowest BCUT2D eigenvalue weighted by Gasteiger charge is -2.10. The molecule has 0 fully saturated rings. The molecule has 1 aromatic heterocycles. The van der Waals surface area contributed by atoms with Gasteiger partial charge in [-0.15, -0.1) is 11.3 Å². The lowest BCUT2D eigenvalue weighted by molar-refractivity contribution is -0.111. The van der Waals surface area contributed by atoms with Crippen molar-refractivity contribution in [2.45, 2.75) is 0 Å². The maximum Gasteiger partial charge on any atom is 0.248 e. The molecule has 1 amide bonds. The topological polar surface area (TPSA) is 51.2 Å². The molecule has 1 N–H and O–H groups in total. The number of carbonyl (C=O) groups is 1. The molecule has 0 unspecified atom stereocenters. The number of para-hydroxylation sites is 1. The monoisotopic (exact) mass is 522 g/mol. The van der Waals surface area contributed by atoms with Gasteiger partial charge in [0, 0.05) is 22.2 Å². The molecule has 0 saturated carbocycles. The number of carbonyl (C=O) groups excluding carboxylic acids is 1. The fraction of sp³-hybridized carbons (Fsp3) is 0.0435. The molecule has 1 heterocycles. The number of nitrogens with zero attached hydrogens (tertiary/aromatic N) is 1. The Morgan fingerprint density at radius 1 is 1.03 bits per heavy atom. The summed E-state index contributed by atoms with van der Waals surface area (Å²) in [5.41, 5.74) is 2.54. The summed E-state index contributed by atoms with van der Waals surface area (Å²) >= 11 is 26.4. The van der Waals surface area contributed by atoms with Crippen molar-refractivity contribution in [3.8, 4) is 16.3 Å². The van der Waals surface area contributed by atoms with Crippen LogP contribution in [0.1, 0.15) is 5.56 Å². The smallest absolute Gasteiger partial charge is 0.248 e. The van der Waals surface area contributed by atoms with Crippen molar-refractivity contribution in [1.82, 2.24) is 4.98 Å². The molecule has 0 aliphatic rings. The van der Waals surface area contributed by atoms with Crippen LogP contribution in [0, 0.1) is 0 Å². The Morgan fingerprint density at radius 2 is 1.81 bits per heavy atom. The van der Waals surface area contributed by atoms with Gasteiger partial charge in [0.15, 0.2) is 0 Å². The van der Waals surface area contributed by atoms with Gasteiger partial charge in [0.05, 0.1) is 38.1 Å². The maximum atomic E-state index is 12.6. The van der Waals surface area contributed by atoms with E-state index in [-0.39, 0.29) is 0 Å². The van der Waals surface area contributed by atoms with Crippen molar-refractivity contribution in [2.75, 3.05) is 12.4 Å². The number of rotatable bonds is 5. The molecule has 0 aliphatic carbocycles. The van der Waals surface area contributed by atoms with Crippen LogP contribution in [0.2, 0.25) is 20.1 Å². The number of fused-ring (bicyclic) bond motifs is 1. The number of halogens is 4. The molecule has 3 aromatic carbocycles. The quantitative estimate of drug-likeness (QED) is 0.268. The molecule has 0 saturated heterocycles. The number of thiazole rings is 1. The highest BCUT2D eigenvalue weighted by Gasteiger charge is 2.15. The van der Waals surface area contributed by atoms with Crippen molar-refractivity contribution in [1.29, 1.82) is 0 Å². The molecule has 0 radical (unpaired) electrons. The Hall–Kier alpha value is -2.28. The van der Waals surface area contributed by atoms with Gasteiger partial charge in [-0.25, -0.2) is 4.98 Å². The van der Waals surface area contributed by atoms with Crippen molar-refractivity contribution >= 4 is 85.6 Å².